The molecule has 0 radical (unpaired) electrons. The SMILES string of the molecule is COCCC(NC(=O)OCC1c2ccccc2-c2ccccc21)C(=O)NC[C@H]1C[C@@H](C(=O)O)CO1. The van der Waals surface area contributed by atoms with Gasteiger partial charge in [0.15, 0.2) is 0 Å². The average Bonchev–Trinajstić information content (AvgIpc) is 3.47. The van der Waals surface area contributed by atoms with E-state index >= 15 is 0 Å². The summed E-state index contributed by atoms with van der Waals surface area (Å²) in [6.07, 6.45) is -0.475. The van der Waals surface area contributed by atoms with Gasteiger partial charge in [0.1, 0.15) is 12.6 Å². The number of amides is 2. The molecule has 0 bridgehead atoms. The lowest BCUT2D eigenvalue weighted by atomic mass is 9.98. The van der Waals surface area contributed by atoms with Gasteiger partial charge in [0, 0.05) is 32.6 Å². The number of carbonyl (C=O) groups excluding carboxylic acids is 2. The fourth-order valence-corrected chi connectivity index (χ4v) is 4.64. The number of nitrogens with one attached hydrogen (secondary N) is 2. The molecule has 4 rings (SSSR count). The van der Waals surface area contributed by atoms with Crippen LogP contribution in [0, 0.1) is 5.92 Å². The van der Waals surface area contributed by atoms with E-state index in [-0.39, 0.29) is 44.8 Å². The highest BCUT2D eigenvalue weighted by atomic mass is 16.5. The van der Waals surface area contributed by atoms with Gasteiger partial charge in [-0.15, -0.1) is 0 Å². The molecule has 1 saturated heterocycles. The van der Waals surface area contributed by atoms with Crippen LogP contribution in [0.2, 0.25) is 0 Å². The molecule has 9 nitrogen and oxygen atoms in total. The predicted octanol–water partition coefficient (Wildman–Crippen LogP) is 2.54. The number of carbonyl (C=O) groups is 3. The smallest absolute Gasteiger partial charge is 0.407 e. The van der Waals surface area contributed by atoms with Crippen LogP contribution in [0.4, 0.5) is 4.79 Å². The first-order valence-electron chi connectivity index (χ1n) is 11.7. The Hall–Kier alpha value is -3.43. The molecule has 2 aliphatic rings. The Bertz CT molecular complexity index is 1030. The first-order valence-corrected chi connectivity index (χ1v) is 11.7. The number of methoxy groups -OCH3 is 1. The van der Waals surface area contributed by atoms with Crippen LogP contribution in [-0.2, 0) is 23.8 Å². The second-order valence-electron chi connectivity index (χ2n) is 8.78. The van der Waals surface area contributed by atoms with Gasteiger partial charge in [-0.25, -0.2) is 4.79 Å². The van der Waals surface area contributed by atoms with Crippen LogP contribution in [-0.4, -0.2) is 68.7 Å². The van der Waals surface area contributed by atoms with Gasteiger partial charge < -0.3 is 30.0 Å². The third-order valence-corrected chi connectivity index (χ3v) is 6.50. The third-order valence-electron chi connectivity index (χ3n) is 6.50. The van der Waals surface area contributed by atoms with Gasteiger partial charge in [-0.2, -0.15) is 0 Å². The van der Waals surface area contributed by atoms with Crippen molar-refractivity contribution < 1.29 is 33.7 Å². The van der Waals surface area contributed by atoms with Crippen LogP contribution in [0.15, 0.2) is 48.5 Å². The number of carboxylic acid groups (broad SMARTS) is 1. The van der Waals surface area contributed by atoms with Gasteiger partial charge in [0.25, 0.3) is 0 Å². The minimum Gasteiger partial charge on any atom is -0.481 e. The molecule has 186 valence electrons. The summed E-state index contributed by atoms with van der Waals surface area (Å²) in [6, 6.07) is 15.3. The Labute approximate surface area is 203 Å². The molecule has 2 aromatic carbocycles. The monoisotopic (exact) mass is 482 g/mol. The first kappa shape index (κ1) is 24.7. The van der Waals surface area contributed by atoms with Crippen LogP contribution in [0.5, 0.6) is 0 Å². The molecular weight excluding hydrogens is 452 g/mol. The summed E-state index contributed by atoms with van der Waals surface area (Å²) in [7, 11) is 1.51. The molecule has 3 N–H and O–H groups in total. The zero-order valence-corrected chi connectivity index (χ0v) is 19.6. The predicted molar refractivity (Wildman–Crippen MR) is 127 cm³/mol. The van der Waals surface area contributed by atoms with Crippen LogP contribution in [0.25, 0.3) is 11.1 Å². The van der Waals surface area contributed by atoms with E-state index in [1.807, 2.05) is 36.4 Å². The van der Waals surface area contributed by atoms with Crippen molar-refractivity contribution in [1.82, 2.24) is 10.6 Å². The van der Waals surface area contributed by atoms with Crippen LogP contribution in [0.3, 0.4) is 0 Å². The van der Waals surface area contributed by atoms with Crippen molar-refractivity contribution >= 4 is 18.0 Å². The Balaban J connectivity index is 1.32. The molecule has 1 aliphatic heterocycles. The fourth-order valence-electron chi connectivity index (χ4n) is 4.64. The van der Waals surface area contributed by atoms with Crippen molar-refractivity contribution in [3.05, 3.63) is 59.7 Å². The van der Waals surface area contributed by atoms with Crippen LogP contribution < -0.4 is 10.6 Å². The molecule has 9 heteroatoms. The number of hydrogen-bond acceptors (Lipinski definition) is 6. The van der Waals surface area contributed by atoms with Gasteiger partial charge >= 0.3 is 12.1 Å². The Morgan fingerprint density at radius 2 is 1.74 bits per heavy atom. The van der Waals surface area contributed by atoms with Crippen molar-refractivity contribution in [2.45, 2.75) is 30.9 Å². The Kier molecular flexibility index (Phi) is 7.99. The van der Waals surface area contributed by atoms with E-state index in [0.29, 0.717) is 6.42 Å². The molecule has 2 amide bonds. The number of rotatable bonds is 10. The normalized spacial score (nSPS) is 19.5. The van der Waals surface area contributed by atoms with Gasteiger partial charge in [0.2, 0.25) is 5.91 Å². The second-order valence-corrected chi connectivity index (χ2v) is 8.78. The minimum atomic E-state index is -0.909. The van der Waals surface area contributed by atoms with Crippen LogP contribution >= 0.6 is 0 Å². The van der Waals surface area contributed by atoms with E-state index in [4.69, 9.17) is 19.3 Å². The third kappa shape index (κ3) is 5.80. The molecule has 1 fully saturated rings. The summed E-state index contributed by atoms with van der Waals surface area (Å²) < 4.78 is 16.1. The van der Waals surface area contributed by atoms with E-state index in [0.717, 1.165) is 22.3 Å². The van der Waals surface area contributed by atoms with Crippen molar-refractivity contribution in [3.63, 3.8) is 0 Å². The fraction of sp³-hybridized carbons (Fsp3) is 0.423. The van der Waals surface area contributed by atoms with E-state index < -0.39 is 29.9 Å². The highest BCUT2D eigenvalue weighted by Gasteiger charge is 2.32. The zero-order chi connectivity index (χ0) is 24.8. The van der Waals surface area contributed by atoms with Crippen molar-refractivity contribution in [3.8, 4) is 11.1 Å². The van der Waals surface area contributed by atoms with Crippen LogP contribution in [0.1, 0.15) is 29.9 Å². The van der Waals surface area contributed by atoms with E-state index in [2.05, 4.69) is 22.8 Å². The topological polar surface area (TPSA) is 123 Å². The molecule has 3 atom stereocenters. The summed E-state index contributed by atoms with van der Waals surface area (Å²) >= 11 is 0. The minimum absolute atomic E-state index is 0.0823. The number of alkyl carbamates (subject to hydrolysis) is 1. The summed E-state index contributed by atoms with van der Waals surface area (Å²) in [5.74, 6) is -1.96. The second kappa shape index (κ2) is 11.3. The highest BCUT2D eigenvalue weighted by molar-refractivity contribution is 5.85. The summed E-state index contributed by atoms with van der Waals surface area (Å²) in [4.78, 5) is 36.5. The maximum Gasteiger partial charge on any atom is 0.407 e. The maximum absolute atomic E-state index is 12.7. The lowest BCUT2D eigenvalue weighted by Gasteiger charge is -2.20. The quantitative estimate of drug-likeness (QED) is 0.476. The Morgan fingerprint density at radius 3 is 2.34 bits per heavy atom. The molecule has 1 unspecified atom stereocenters. The average molecular weight is 483 g/mol. The van der Waals surface area contributed by atoms with E-state index in [9.17, 15) is 14.4 Å². The summed E-state index contributed by atoms with van der Waals surface area (Å²) in [5.41, 5.74) is 4.47. The lowest BCUT2D eigenvalue weighted by Crippen LogP contribution is -2.49. The standard InChI is InChI=1S/C26H30N2O7/c1-33-11-10-23(24(29)27-13-17-12-16(14-34-17)25(30)31)28-26(32)35-15-22-20-8-4-2-6-18(20)19-7-3-5-9-21(19)22/h2-9,16-17,22-23H,10-15H2,1H3,(H,27,29)(H,28,32)(H,30,31)/t16-,17-,23?/m1/s1. The number of aliphatic carboxylic acids is 1. The molecule has 35 heavy (non-hydrogen) atoms. The van der Waals surface area contributed by atoms with E-state index in [1.165, 1.54) is 7.11 Å². The summed E-state index contributed by atoms with van der Waals surface area (Å²) in [5, 5.41) is 14.5. The molecule has 0 saturated carbocycles. The largest absolute Gasteiger partial charge is 0.481 e. The number of ether oxygens (including phenoxy) is 3. The highest BCUT2D eigenvalue weighted by Crippen LogP contribution is 2.44. The lowest BCUT2D eigenvalue weighted by molar-refractivity contribution is -0.141. The number of benzene rings is 2. The van der Waals surface area contributed by atoms with Gasteiger partial charge in [-0.1, -0.05) is 48.5 Å². The number of carboxylic acids is 1. The Morgan fingerprint density at radius 1 is 1.09 bits per heavy atom. The molecular formula is C26H30N2O7. The zero-order valence-electron chi connectivity index (χ0n) is 19.6. The molecule has 0 aromatic heterocycles. The van der Waals surface area contributed by atoms with Crippen molar-refractivity contribution in [1.29, 1.82) is 0 Å². The van der Waals surface area contributed by atoms with Crippen molar-refractivity contribution in [2.75, 3.05) is 33.5 Å². The summed E-state index contributed by atoms with van der Waals surface area (Å²) in [6.45, 7) is 0.702. The maximum atomic E-state index is 12.7. The number of hydrogen-bond donors (Lipinski definition) is 3. The van der Waals surface area contributed by atoms with Gasteiger partial charge in [-0.05, 0) is 28.7 Å². The molecule has 0 spiro atoms. The first-order chi connectivity index (χ1) is 17.0. The molecule has 1 heterocycles. The van der Waals surface area contributed by atoms with E-state index in [1.54, 1.807) is 0 Å². The molecule has 2 aromatic rings. The van der Waals surface area contributed by atoms with Crippen molar-refractivity contribution in [2.24, 2.45) is 5.92 Å². The molecule has 1 aliphatic carbocycles. The van der Waals surface area contributed by atoms with Gasteiger partial charge in [0.05, 0.1) is 18.6 Å². The van der Waals surface area contributed by atoms with Gasteiger partial charge in [-0.3, -0.25) is 9.59 Å². The number of fused-ring (bicyclic) bond motifs is 3.